The van der Waals surface area contributed by atoms with Gasteiger partial charge in [0, 0.05) is 56.1 Å². The third-order valence-electron chi connectivity index (χ3n) is 5.51. The van der Waals surface area contributed by atoms with Crippen molar-refractivity contribution in [3.63, 3.8) is 0 Å². The Hall–Kier alpha value is -2.14. The number of guanidine groups is 1. The van der Waals surface area contributed by atoms with Crippen molar-refractivity contribution >= 4 is 41.5 Å². The molecule has 0 spiro atoms. The molecule has 0 saturated carbocycles. The summed E-state index contributed by atoms with van der Waals surface area (Å²) < 4.78 is 7.59. The summed E-state index contributed by atoms with van der Waals surface area (Å²) >= 11 is 6.04. The first-order valence-corrected chi connectivity index (χ1v) is 10.5. The quantitative estimate of drug-likeness (QED) is 0.292. The molecule has 1 aromatic carbocycles. The van der Waals surface area contributed by atoms with Gasteiger partial charge in [-0.3, -0.25) is 4.99 Å². The van der Waals surface area contributed by atoms with Gasteiger partial charge in [-0.25, -0.2) is 4.98 Å². The van der Waals surface area contributed by atoms with Gasteiger partial charge < -0.3 is 19.3 Å². The topological polar surface area (TPSA) is 84.4 Å². The van der Waals surface area contributed by atoms with Gasteiger partial charge in [-0.1, -0.05) is 35.8 Å². The summed E-state index contributed by atoms with van der Waals surface area (Å²) in [6, 6.07) is 7.81. The zero-order valence-corrected chi connectivity index (χ0v) is 20.7. The molecule has 8 nitrogen and oxygen atoms in total. The number of aliphatic imine (C=N–C) groups is 1. The van der Waals surface area contributed by atoms with E-state index in [0.29, 0.717) is 41.7 Å². The van der Waals surface area contributed by atoms with Crippen LogP contribution in [0.5, 0.6) is 0 Å². The van der Waals surface area contributed by atoms with Crippen LogP contribution in [0.2, 0.25) is 5.02 Å². The van der Waals surface area contributed by atoms with E-state index >= 15 is 0 Å². The molecule has 1 aliphatic heterocycles. The highest BCUT2D eigenvalue weighted by molar-refractivity contribution is 14.0. The Morgan fingerprint density at radius 1 is 1.39 bits per heavy atom. The number of benzene rings is 1. The van der Waals surface area contributed by atoms with Crippen molar-refractivity contribution in [2.24, 2.45) is 10.9 Å². The molecule has 3 heterocycles. The molecule has 31 heavy (non-hydrogen) atoms. The van der Waals surface area contributed by atoms with E-state index in [2.05, 4.69) is 41.8 Å². The third-order valence-corrected chi connectivity index (χ3v) is 5.75. The normalized spacial score (nSPS) is 19.2. The Morgan fingerprint density at radius 2 is 2.26 bits per heavy atom. The van der Waals surface area contributed by atoms with Gasteiger partial charge in [0.2, 0.25) is 11.7 Å². The van der Waals surface area contributed by atoms with E-state index in [-0.39, 0.29) is 24.0 Å². The van der Waals surface area contributed by atoms with Crippen LogP contribution in [0, 0.1) is 5.92 Å². The molecule has 0 bridgehead atoms. The summed E-state index contributed by atoms with van der Waals surface area (Å²) in [5, 5.41) is 8.14. The predicted molar refractivity (Wildman–Crippen MR) is 132 cm³/mol. The van der Waals surface area contributed by atoms with Crippen LogP contribution in [0.15, 0.2) is 52.5 Å². The van der Waals surface area contributed by atoms with Crippen LogP contribution < -0.4 is 5.32 Å². The average Bonchev–Trinajstić information content (AvgIpc) is 3.44. The smallest absolute Gasteiger partial charge is 0.228 e. The molecule has 4 rings (SSSR count). The summed E-state index contributed by atoms with van der Waals surface area (Å²) in [5.74, 6) is 2.61. The summed E-state index contributed by atoms with van der Waals surface area (Å²) in [6.45, 7) is 4.83. The van der Waals surface area contributed by atoms with E-state index in [1.807, 2.05) is 50.0 Å². The molecule has 1 N–H and O–H groups in total. The second-order valence-corrected chi connectivity index (χ2v) is 7.97. The van der Waals surface area contributed by atoms with Crippen LogP contribution in [0.25, 0.3) is 11.4 Å². The summed E-state index contributed by atoms with van der Waals surface area (Å²) in [7, 11) is 1.82. The minimum atomic E-state index is 0. The van der Waals surface area contributed by atoms with Crippen molar-refractivity contribution in [3.8, 4) is 11.4 Å². The minimum Gasteiger partial charge on any atom is -0.356 e. The maximum absolute atomic E-state index is 6.04. The fraction of sp³-hybridized carbons (Fsp3) is 0.429. The number of likely N-dealkylation sites (tertiary alicyclic amines) is 1. The first-order valence-electron chi connectivity index (χ1n) is 10.2. The molecule has 1 aliphatic rings. The third kappa shape index (κ3) is 5.76. The van der Waals surface area contributed by atoms with Crippen LogP contribution in [0.3, 0.4) is 0 Å². The van der Waals surface area contributed by atoms with Gasteiger partial charge in [-0.15, -0.1) is 24.0 Å². The molecule has 0 radical (unpaired) electrons. The highest BCUT2D eigenvalue weighted by Crippen LogP contribution is 2.27. The summed E-state index contributed by atoms with van der Waals surface area (Å²) in [4.78, 5) is 15.4. The van der Waals surface area contributed by atoms with Crippen LogP contribution >= 0.6 is 35.6 Å². The molecule has 10 heteroatoms. The van der Waals surface area contributed by atoms with Gasteiger partial charge in [0.05, 0.1) is 12.4 Å². The number of halogens is 2. The fourth-order valence-corrected chi connectivity index (χ4v) is 4.00. The zero-order chi connectivity index (χ0) is 20.9. The molecule has 0 aliphatic carbocycles. The Bertz CT molecular complexity index is 991. The number of rotatable bonds is 5. The Kier molecular flexibility index (Phi) is 8.30. The van der Waals surface area contributed by atoms with E-state index in [1.165, 1.54) is 0 Å². The average molecular weight is 556 g/mol. The van der Waals surface area contributed by atoms with Gasteiger partial charge in [-0.05, 0) is 24.5 Å². The Labute approximate surface area is 204 Å². The Balaban J connectivity index is 0.00000272. The standard InChI is InChI=1S/C21H26ClN7O.HI/c1-15-7-10-28(13-18(15)29-11-9-24-14-29)21(23-2)25-8-6-19-26-20(27-30-19)16-4-3-5-17(22)12-16;/h3-5,9,11-12,14-15,18H,6-8,10,13H2,1-2H3,(H,23,25);1H. The highest BCUT2D eigenvalue weighted by Gasteiger charge is 2.28. The maximum Gasteiger partial charge on any atom is 0.228 e. The summed E-state index contributed by atoms with van der Waals surface area (Å²) in [5.41, 5.74) is 0.842. The molecule has 2 atom stereocenters. The predicted octanol–water partition coefficient (Wildman–Crippen LogP) is 3.91. The van der Waals surface area contributed by atoms with Gasteiger partial charge in [-0.2, -0.15) is 4.98 Å². The van der Waals surface area contributed by atoms with E-state index < -0.39 is 0 Å². The van der Waals surface area contributed by atoms with Crippen LogP contribution in [-0.4, -0.2) is 57.2 Å². The zero-order valence-electron chi connectivity index (χ0n) is 17.6. The SMILES string of the molecule is CN=C(NCCc1nc(-c2cccc(Cl)c2)no1)N1CCC(C)C(n2ccnc2)C1.I. The lowest BCUT2D eigenvalue weighted by Gasteiger charge is -2.39. The second kappa shape index (κ2) is 10.9. The number of piperidine rings is 1. The first-order chi connectivity index (χ1) is 14.6. The van der Waals surface area contributed by atoms with Gasteiger partial charge in [0.25, 0.3) is 0 Å². The lowest BCUT2D eigenvalue weighted by atomic mass is 9.93. The molecule has 2 aromatic heterocycles. The second-order valence-electron chi connectivity index (χ2n) is 7.54. The number of imidazole rings is 1. The van der Waals surface area contributed by atoms with Crippen molar-refractivity contribution in [1.29, 1.82) is 0 Å². The van der Waals surface area contributed by atoms with Crippen molar-refractivity contribution in [2.75, 3.05) is 26.7 Å². The van der Waals surface area contributed by atoms with E-state index in [1.54, 1.807) is 0 Å². The highest BCUT2D eigenvalue weighted by atomic mass is 127. The lowest BCUT2D eigenvalue weighted by Crippen LogP contribution is -2.49. The summed E-state index contributed by atoms with van der Waals surface area (Å²) in [6.07, 6.45) is 7.49. The van der Waals surface area contributed by atoms with Gasteiger partial charge >= 0.3 is 0 Å². The molecule has 0 amide bonds. The van der Waals surface area contributed by atoms with E-state index in [9.17, 15) is 0 Å². The fourth-order valence-electron chi connectivity index (χ4n) is 3.81. The monoisotopic (exact) mass is 555 g/mol. The molecular weight excluding hydrogens is 529 g/mol. The molecule has 2 unspecified atom stereocenters. The van der Waals surface area contributed by atoms with E-state index in [0.717, 1.165) is 31.0 Å². The molecule has 3 aromatic rings. The van der Waals surface area contributed by atoms with Crippen molar-refractivity contribution < 1.29 is 4.52 Å². The van der Waals surface area contributed by atoms with Crippen molar-refractivity contribution in [1.82, 2.24) is 29.9 Å². The molecule has 166 valence electrons. The molecular formula is C21H27ClIN7O. The van der Waals surface area contributed by atoms with Crippen LogP contribution in [-0.2, 0) is 6.42 Å². The number of aromatic nitrogens is 4. The van der Waals surface area contributed by atoms with Crippen molar-refractivity contribution in [3.05, 3.63) is 53.9 Å². The molecule has 1 fully saturated rings. The minimum absolute atomic E-state index is 0. The van der Waals surface area contributed by atoms with E-state index in [4.69, 9.17) is 16.1 Å². The molecule has 1 saturated heterocycles. The number of nitrogens with one attached hydrogen (secondary N) is 1. The van der Waals surface area contributed by atoms with Crippen molar-refractivity contribution in [2.45, 2.75) is 25.8 Å². The Morgan fingerprint density at radius 3 is 3.00 bits per heavy atom. The van der Waals surface area contributed by atoms with Crippen LogP contribution in [0.4, 0.5) is 0 Å². The number of hydrogen-bond donors (Lipinski definition) is 1. The largest absolute Gasteiger partial charge is 0.356 e. The maximum atomic E-state index is 6.04. The van der Waals surface area contributed by atoms with Gasteiger partial charge in [0.1, 0.15) is 0 Å². The van der Waals surface area contributed by atoms with Crippen LogP contribution in [0.1, 0.15) is 25.3 Å². The van der Waals surface area contributed by atoms with Gasteiger partial charge in [0.15, 0.2) is 5.96 Å². The number of nitrogens with zero attached hydrogens (tertiary/aromatic N) is 6. The first kappa shape index (κ1) is 23.5. The lowest BCUT2D eigenvalue weighted by molar-refractivity contribution is 0.189. The number of hydrogen-bond acceptors (Lipinski definition) is 5.